The van der Waals surface area contributed by atoms with Crippen molar-refractivity contribution in [2.75, 3.05) is 0 Å². The Kier molecular flexibility index (Phi) is 9.76. The van der Waals surface area contributed by atoms with E-state index in [9.17, 15) is 0 Å². The second-order valence-corrected chi connectivity index (χ2v) is 11.5. The Morgan fingerprint density at radius 2 is 1.18 bits per heavy atom. The molecule has 0 aromatic heterocycles. The van der Waals surface area contributed by atoms with Gasteiger partial charge in [-0.05, 0) is 74.5 Å². The first kappa shape index (κ1) is 32.5. The molecular weight excluding hydrogens is 701 g/mol. The van der Waals surface area contributed by atoms with E-state index in [1.165, 1.54) is 49.4 Å². The van der Waals surface area contributed by atoms with Gasteiger partial charge in [-0.15, -0.1) is 28.5 Å². The number of rotatable bonds is 3. The fourth-order valence-corrected chi connectivity index (χ4v) is 6.95. The summed E-state index contributed by atoms with van der Waals surface area (Å²) in [5.74, 6) is 0. The van der Waals surface area contributed by atoms with E-state index in [-0.39, 0.29) is 51.0 Å². The van der Waals surface area contributed by atoms with Gasteiger partial charge >= 0.3 is 26.2 Å². The molecule has 0 bridgehead atoms. The van der Waals surface area contributed by atoms with Gasteiger partial charge in [0.05, 0.1) is 0 Å². The van der Waals surface area contributed by atoms with E-state index >= 15 is 0 Å². The summed E-state index contributed by atoms with van der Waals surface area (Å²) in [5.41, 5.74) is 9.44. The maximum Gasteiger partial charge on any atom is 3.00 e. The van der Waals surface area contributed by atoms with Crippen molar-refractivity contribution in [3.05, 3.63) is 170 Å². The molecule has 0 unspecified atom stereocenters. The molecule has 1 radical (unpaired) electrons. The normalized spacial score (nSPS) is 12.4. The number of allylic oxidation sites excluding steroid dienone is 4. The van der Waals surface area contributed by atoms with Gasteiger partial charge in [-0.1, -0.05) is 137 Å². The fraction of sp³-hybridized carbons (Fsp3) is 0.0256. The molecule has 0 saturated carbocycles. The standard InChI is InChI=1S/C39H23Cl2.2ClH.Zr/c40-28-13-7-11-25(21-28)36(26-12-8-14-29(41)22-26)34-20-19-27-23-35-32-17-4-3-15-30(32)31-16-5-6-18-33(31)39(35)38(27)37(34)24-9-1-2-10-24;;;/h1-9,11-22H,10H2;2*1H;/q-1;;;+3/p-2. The van der Waals surface area contributed by atoms with Gasteiger partial charge in [-0.2, -0.15) is 0 Å². The van der Waals surface area contributed by atoms with Gasteiger partial charge in [0.1, 0.15) is 0 Å². The first-order valence-electron chi connectivity index (χ1n) is 13.8. The van der Waals surface area contributed by atoms with E-state index in [1.807, 2.05) is 36.4 Å². The molecule has 0 N–H and O–H groups in total. The predicted molar refractivity (Wildman–Crippen MR) is 175 cm³/mol. The van der Waals surface area contributed by atoms with Crippen LogP contribution in [-0.2, 0) is 26.2 Å². The topological polar surface area (TPSA) is 0 Å². The molecule has 0 atom stereocenters. The van der Waals surface area contributed by atoms with Crippen LogP contribution in [0.25, 0.3) is 49.9 Å². The maximum atomic E-state index is 6.57. The average molecular weight is 725 g/mol. The summed E-state index contributed by atoms with van der Waals surface area (Å²) in [7, 11) is 0. The molecule has 0 saturated heterocycles. The number of hydrogen-bond acceptors (Lipinski definition) is 0. The minimum absolute atomic E-state index is 0. The van der Waals surface area contributed by atoms with Crippen LogP contribution in [0.5, 0.6) is 0 Å². The summed E-state index contributed by atoms with van der Waals surface area (Å²) in [4.78, 5) is 0. The van der Waals surface area contributed by atoms with Gasteiger partial charge in [0.2, 0.25) is 0 Å². The van der Waals surface area contributed by atoms with Crippen LogP contribution in [0.2, 0.25) is 10.0 Å². The molecule has 8 rings (SSSR count). The molecule has 211 valence electrons. The van der Waals surface area contributed by atoms with E-state index in [1.54, 1.807) is 0 Å². The first-order chi connectivity index (χ1) is 20.2. The van der Waals surface area contributed by atoms with Crippen LogP contribution < -0.4 is 35.3 Å². The second kappa shape index (κ2) is 13.2. The van der Waals surface area contributed by atoms with Crippen molar-refractivity contribution in [2.45, 2.75) is 6.42 Å². The van der Waals surface area contributed by atoms with Crippen molar-refractivity contribution in [3.63, 3.8) is 0 Å². The van der Waals surface area contributed by atoms with E-state index < -0.39 is 0 Å². The number of benzene rings is 6. The van der Waals surface area contributed by atoms with Crippen LogP contribution >= 0.6 is 23.2 Å². The molecule has 2 aliphatic carbocycles. The minimum Gasteiger partial charge on any atom is -1.00 e. The third-order valence-electron chi connectivity index (χ3n) is 8.24. The van der Waals surface area contributed by atoms with Gasteiger partial charge in [0.25, 0.3) is 0 Å². The summed E-state index contributed by atoms with van der Waals surface area (Å²) in [6.45, 7) is 0. The monoisotopic (exact) mass is 721 g/mol. The van der Waals surface area contributed by atoms with Crippen molar-refractivity contribution < 1.29 is 51.0 Å². The summed E-state index contributed by atoms with van der Waals surface area (Å²) >= 11 is 13.1. The van der Waals surface area contributed by atoms with Crippen LogP contribution in [0.15, 0.2) is 127 Å². The maximum absolute atomic E-state index is 6.57. The SMILES string of the molecule is Clc1cccc(C(c2cccc(Cl)c2)=c2ccc3c(c2C2=CC=CC2)-c2c(c4ccccc4c4ccccc24)[C-]=3)c1.[Cl-].[Cl-].[Zr+3]. The number of halogens is 4. The van der Waals surface area contributed by atoms with Crippen molar-refractivity contribution in [1.29, 1.82) is 0 Å². The summed E-state index contributed by atoms with van der Waals surface area (Å²) in [6, 6.07) is 38.2. The third-order valence-corrected chi connectivity index (χ3v) is 8.71. The van der Waals surface area contributed by atoms with Gasteiger partial charge in [0, 0.05) is 10.0 Å². The van der Waals surface area contributed by atoms with Crippen LogP contribution in [0.3, 0.4) is 0 Å². The number of fused-ring (bicyclic) bond motifs is 8. The Hall–Kier alpha value is -2.90. The quantitative estimate of drug-likeness (QED) is 0.193. The molecule has 0 amide bonds. The Balaban J connectivity index is 0.00000128. The van der Waals surface area contributed by atoms with Crippen LogP contribution in [0.4, 0.5) is 0 Å². The van der Waals surface area contributed by atoms with Crippen molar-refractivity contribution in [2.24, 2.45) is 0 Å². The predicted octanol–water partition coefficient (Wildman–Crippen LogP) is 3.58. The average Bonchev–Trinajstić information content (AvgIpc) is 3.67. The Bertz CT molecular complexity index is 2220. The molecule has 5 heteroatoms. The third kappa shape index (κ3) is 5.34. The molecule has 0 heterocycles. The Morgan fingerprint density at radius 3 is 1.77 bits per heavy atom. The van der Waals surface area contributed by atoms with Crippen molar-refractivity contribution in [1.82, 2.24) is 0 Å². The molecule has 0 fully saturated rings. The second-order valence-electron chi connectivity index (χ2n) is 10.6. The van der Waals surface area contributed by atoms with Crippen molar-refractivity contribution in [3.8, 4) is 11.1 Å². The number of hydrogen-bond donors (Lipinski definition) is 0. The zero-order valence-electron chi connectivity index (χ0n) is 23.3. The van der Waals surface area contributed by atoms with Gasteiger partial charge in [0.15, 0.2) is 0 Å². The van der Waals surface area contributed by atoms with Gasteiger partial charge in [-0.25, -0.2) is 0 Å². The summed E-state index contributed by atoms with van der Waals surface area (Å²) in [5, 5.41) is 8.71. The zero-order chi connectivity index (χ0) is 27.5. The summed E-state index contributed by atoms with van der Waals surface area (Å²) in [6.07, 6.45) is 11.4. The van der Waals surface area contributed by atoms with Gasteiger partial charge in [-0.3, -0.25) is 0 Å². The molecule has 44 heavy (non-hydrogen) atoms. The van der Waals surface area contributed by atoms with Crippen molar-refractivity contribution >= 4 is 62.0 Å². The molecule has 6 aromatic carbocycles. The van der Waals surface area contributed by atoms with Crippen LogP contribution in [0, 0.1) is 0 Å². The van der Waals surface area contributed by atoms with Crippen LogP contribution in [-0.4, -0.2) is 0 Å². The molecule has 6 aromatic rings. The van der Waals surface area contributed by atoms with E-state index in [0.29, 0.717) is 10.0 Å². The Labute approximate surface area is 298 Å². The van der Waals surface area contributed by atoms with E-state index in [2.05, 4.69) is 97.1 Å². The molecular formula is C39H23Cl4Zr. The van der Waals surface area contributed by atoms with Gasteiger partial charge < -0.3 is 24.8 Å². The molecule has 0 aliphatic heterocycles. The Morgan fingerprint density at radius 1 is 0.591 bits per heavy atom. The smallest absolute Gasteiger partial charge is 1.00 e. The molecule has 0 nitrogen and oxygen atoms in total. The first-order valence-corrected chi connectivity index (χ1v) is 14.6. The largest absolute Gasteiger partial charge is 3.00 e. The van der Waals surface area contributed by atoms with E-state index in [0.717, 1.165) is 33.6 Å². The zero-order valence-corrected chi connectivity index (χ0v) is 28.8. The fourth-order valence-electron chi connectivity index (χ4n) is 6.57. The van der Waals surface area contributed by atoms with E-state index in [4.69, 9.17) is 23.2 Å². The molecule has 2 aliphatic rings. The van der Waals surface area contributed by atoms with Crippen LogP contribution in [0.1, 0.15) is 28.7 Å². The minimum atomic E-state index is 0. The summed E-state index contributed by atoms with van der Waals surface area (Å²) < 4.78 is 0. The molecule has 0 spiro atoms.